The zero-order valence-electron chi connectivity index (χ0n) is 11.6. The lowest BCUT2D eigenvalue weighted by molar-refractivity contribution is -0.158. The number of halogens is 2. The molecule has 1 unspecified atom stereocenters. The highest BCUT2D eigenvalue weighted by atomic mass is 19.3. The molecule has 0 N–H and O–H groups in total. The third-order valence-corrected chi connectivity index (χ3v) is 3.96. The van der Waals surface area contributed by atoms with Gasteiger partial charge in [-0.05, 0) is 43.9 Å². The van der Waals surface area contributed by atoms with Crippen molar-refractivity contribution >= 4 is 11.8 Å². The molecule has 3 nitrogen and oxygen atoms in total. The number of ether oxygens (including phenoxy) is 1. The number of carbonyl (C=O) groups is 2. The van der Waals surface area contributed by atoms with Crippen molar-refractivity contribution in [3.63, 3.8) is 0 Å². The van der Waals surface area contributed by atoms with Crippen LogP contribution in [0.15, 0.2) is 12.1 Å². The van der Waals surface area contributed by atoms with E-state index in [1.165, 1.54) is 0 Å². The number of fused-ring (bicyclic) bond motifs is 1. The Morgan fingerprint density at radius 1 is 1.35 bits per heavy atom. The van der Waals surface area contributed by atoms with Crippen molar-refractivity contribution in [2.75, 3.05) is 7.11 Å². The fourth-order valence-corrected chi connectivity index (χ4v) is 2.88. The number of methoxy groups -OCH3 is 1. The molecule has 20 heavy (non-hydrogen) atoms. The Labute approximate surface area is 115 Å². The summed E-state index contributed by atoms with van der Waals surface area (Å²) in [5.41, 5.74) is 0.313. The summed E-state index contributed by atoms with van der Waals surface area (Å²) in [6.45, 7) is 3.63. The molecule has 1 atom stereocenters. The van der Waals surface area contributed by atoms with Gasteiger partial charge in [-0.3, -0.25) is 9.59 Å². The molecule has 1 aliphatic carbocycles. The summed E-state index contributed by atoms with van der Waals surface area (Å²) in [4.78, 5) is 24.3. The summed E-state index contributed by atoms with van der Waals surface area (Å²) >= 11 is 0. The Bertz CT molecular complexity index is 581. The highest BCUT2D eigenvalue weighted by Gasteiger charge is 2.57. The van der Waals surface area contributed by atoms with Crippen molar-refractivity contribution < 1.29 is 23.1 Å². The summed E-state index contributed by atoms with van der Waals surface area (Å²) in [6, 6.07) is 3.48. The SMILES string of the molecule is COC(=O)C1(C(F)F)CCc2c(C)cc(C)cc2C1=O. The van der Waals surface area contributed by atoms with E-state index in [1.807, 2.05) is 13.0 Å². The van der Waals surface area contributed by atoms with Crippen molar-refractivity contribution in [3.8, 4) is 0 Å². The van der Waals surface area contributed by atoms with Gasteiger partial charge in [0, 0.05) is 5.56 Å². The predicted molar refractivity (Wildman–Crippen MR) is 69.0 cm³/mol. The molecule has 1 aliphatic rings. The van der Waals surface area contributed by atoms with E-state index in [0.717, 1.165) is 23.8 Å². The van der Waals surface area contributed by atoms with Crippen LogP contribution in [-0.4, -0.2) is 25.3 Å². The molecule has 0 radical (unpaired) electrons. The van der Waals surface area contributed by atoms with Crippen LogP contribution < -0.4 is 0 Å². The minimum atomic E-state index is -3.07. The van der Waals surface area contributed by atoms with Crippen molar-refractivity contribution in [3.05, 3.63) is 34.4 Å². The minimum absolute atomic E-state index is 0.215. The summed E-state index contributed by atoms with van der Waals surface area (Å²) in [5.74, 6) is -1.98. The maximum Gasteiger partial charge on any atom is 0.325 e. The Morgan fingerprint density at radius 2 is 2.00 bits per heavy atom. The molecule has 0 fully saturated rings. The molecule has 0 aromatic heterocycles. The number of Topliss-reactive ketones (excluding diaryl/α,β-unsaturated/α-hetero) is 1. The molecular weight excluding hydrogens is 266 g/mol. The number of ketones is 1. The van der Waals surface area contributed by atoms with E-state index in [4.69, 9.17) is 0 Å². The number of rotatable bonds is 2. The number of carbonyl (C=O) groups excluding carboxylic acids is 2. The molecule has 1 aromatic rings. The topological polar surface area (TPSA) is 43.4 Å². The van der Waals surface area contributed by atoms with E-state index in [0.29, 0.717) is 0 Å². The van der Waals surface area contributed by atoms with E-state index in [9.17, 15) is 18.4 Å². The van der Waals surface area contributed by atoms with Crippen LogP contribution >= 0.6 is 0 Å². The van der Waals surface area contributed by atoms with Crippen molar-refractivity contribution in [1.82, 2.24) is 0 Å². The Morgan fingerprint density at radius 3 is 2.55 bits per heavy atom. The maximum atomic E-state index is 13.4. The first-order valence-electron chi connectivity index (χ1n) is 6.36. The fourth-order valence-electron chi connectivity index (χ4n) is 2.88. The highest BCUT2D eigenvalue weighted by Crippen LogP contribution is 2.42. The maximum absolute atomic E-state index is 13.4. The van der Waals surface area contributed by atoms with Crippen LogP contribution in [0.2, 0.25) is 0 Å². The van der Waals surface area contributed by atoms with Crippen molar-refractivity contribution in [2.45, 2.75) is 33.1 Å². The zero-order chi connectivity index (χ0) is 15.1. The first kappa shape index (κ1) is 14.6. The van der Waals surface area contributed by atoms with E-state index >= 15 is 0 Å². The van der Waals surface area contributed by atoms with Gasteiger partial charge in [0.2, 0.25) is 0 Å². The van der Waals surface area contributed by atoms with Gasteiger partial charge in [-0.2, -0.15) is 0 Å². The van der Waals surface area contributed by atoms with E-state index in [2.05, 4.69) is 4.74 Å². The van der Waals surface area contributed by atoms with Gasteiger partial charge < -0.3 is 4.74 Å². The molecule has 2 rings (SSSR count). The normalized spacial score (nSPS) is 21.8. The number of aryl methyl sites for hydroxylation is 2. The van der Waals surface area contributed by atoms with Gasteiger partial charge in [-0.1, -0.05) is 11.6 Å². The lowest BCUT2D eigenvalue weighted by Crippen LogP contribution is -2.49. The zero-order valence-corrected chi connectivity index (χ0v) is 11.6. The second-order valence-electron chi connectivity index (χ2n) is 5.20. The first-order valence-corrected chi connectivity index (χ1v) is 6.36. The molecule has 0 heterocycles. The summed E-state index contributed by atoms with van der Waals surface area (Å²) in [6.07, 6.45) is -3.02. The van der Waals surface area contributed by atoms with Gasteiger partial charge in [-0.15, -0.1) is 0 Å². The first-order chi connectivity index (χ1) is 9.34. The molecule has 0 saturated carbocycles. The summed E-state index contributed by atoms with van der Waals surface area (Å²) in [5, 5.41) is 0. The van der Waals surface area contributed by atoms with Gasteiger partial charge in [0.15, 0.2) is 11.2 Å². The molecule has 5 heteroatoms. The average molecular weight is 282 g/mol. The molecule has 1 aromatic carbocycles. The quantitative estimate of drug-likeness (QED) is 0.619. The van der Waals surface area contributed by atoms with Gasteiger partial charge in [0.1, 0.15) is 0 Å². The minimum Gasteiger partial charge on any atom is -0.468 e. The van der Waals surface area contributed by atoms with Gasteiger partial charge in [0.25, 0.3) is 6.43 Å². The Kier molecular flexibility index (Phi) is 3.63. The average Bonchev–Trinajstić information content (AvgIpc) is 2.39. The molecule has 0 amide bonds. The molecule has 0 saturated heterocycles. The number of alkyl halides is 2. The smallest absolute Gasteiger partial charge is 0.325 e. The monoisotopic (exact) mass is 282 g/mol. The number of hydrogen-bond donors (Lipinski definition) is 0. The fraction of sp³-hybridized carbons (Fsp3) is 0.467. The third kappa shape index (κ3) is 1.92. The molecule has 0 spiro atoms. The van der Waals surface area contributed by atoms with Crippen LogP contribution in [0, 0.1) is 19.3 Å². The summed E-state index contributed by atoms with van der Waals surface area (Å²) < 4.78 is 31.3. The highest BCUT2D eigenvalue weighted by molar-refractivity contribution is 6.14. The van der Waals surface area contributed by atoms with Gasteiger partial charge in [0.05, 0.1) is 7.11 Å². The van der Waals surface area contributed by atoms with E-state index < -0.39 is 23.6 Å². The molecule has 108 valence electrons. The van der Waals surface area contributed by atoms with Gasteiger partial charge >= 0.3 is 5.97 Å². The molecule has 0 aliphatic heterocycles. The predicted octanol–water partition coefficient (Wildman–Crippen LogP) is 2.86. The largest absolute Gasteiger partial charge is 0.468 e. The van der Waals surface area contributed by atoms with Crippen LogP contribution in [0.1, 0.15) is 33.5 Å². The van der Waals surface area contributed by atoms with Crippen LogP contribution in [0.3, 0.4) is 0 Å². The second-order valence-corrected chi connectivity index (χ2v) is 5.20. The van der Waals surface area contributed by atoms with Crippen LogP contribution in [0.4, 0.5) is 8.78 Å². The second kappa shape index (κ2) is 4.96. The lowest BCUT2D eigenvalue weighted by atomic mass is 9.69. The number of benzene rings is 1. The van der Waals surface area contributed by atoms with Gasteiger partial charge in [-0.25, -0.2) is 8.78 Å². The Balaban J connectivity index is 2.63. The number of hydrogen-bond acceptors (Lipinski definition) is 3. The molecular formula is C15H16F2O3. The van der Waals surface area contributed by atoms with E-state index in [1.54, 1.807) is 13.0 Å². The standard InChI is InChI=1S/C15H16F2O3/c1-8-6-9(2)10-4-5-15(13(16)17,14(19)20-3)12(18)11(10)7-8/h6-7,13H,4-5H2,1-3H3. The van der Waals surface area contributed by atoms with Crippen molar-refractivity contribution in [2.24, 2.45) is 5.41 Å². The Hall–Kier alpha value is -1.78. The van der Waals surface area contributed by atoms with Crippen LogP contribution in [0.25, 0.3) is 0 Å². The lowest BCUT2D eigenvalue weighted by Gasteiger charge is -2.34. The number of esters is 1. The van der Waals surface area contributed by atoms with Crippen LogP contribution in [0.5, 0.6) is 0 Å². The molecule has 0 bridgehead atoms. The summed E-state index contributed by atoms with van der Waals surface area (Å²) in [7, 11) is 1.02. The van der Waals surface area contributed by atoms with Crippen molar-refractivity contribution in [1.29, 1.82) is 0 Å². The van der Waals surface area contributed by atoms with Crippen LogP contribution in [-0.2, 0) is 16.0 Å². The third-order valence-electron chi connectivity index (χ3n) is 3.96. The van der Waals surface area contributed by atoms with E-state index in [-0.39, 0.29) is 18.4 Å².